The highest BCUT2D eigenvalue weighted by molar-refractivity contribution is 7.13. The summed E-state index contributed by atoms with van der Waals surface area (Å²) in [5.41, 5.74) is 3.69. The van der Waals surface area contributed by atoms with E-state index in [4.69, 9.17) is 0 Å². The molecule has 120 valence electrons. The number of hydrogen-bond donors (Lipinski definition) is 2. The zero-order valence-corrected chi connectivity index (χ0v) is 14.0. The van der Waals surface area contributed by atoms with Crippen LogP contribution in [-0.4, -0.2) is 16.8 Å². The molecule has 0 unspecified atom stereocenters. The van der Waals surface area contributed by atoms with Crippen LogP contribution in [0.2, 0.25) is 0 Å². The molecule has 0 atom stereocenters. The molecule has 1 saturated carbocycles. The molecule has 0 aliphatic heterocycles. The molecule has 0 bridgehead atoms. The summed E-state index contributed by atoms with van der Waals surface area (Å²) in [4.78, 5) is 28.1. The number of carbonyl (C=O) groups excluding carboxylic acids is 2. The quantitative estimate of drug-likeness (QED) is 0.884. The lowest BCUT2D eigenvalue weighted by atomic mass is 10.1. The van der Waals surface area contributed by atoms with Gasteiger partial charge in [0.1, 0.15) is 0 Å². The Kier molecular flexibility index (Phi) is 4.43. The van der Waals surface area contributed by atoms with E-state index in [1.807, 2.05) is 31.4 Å². The van der Waals surface area contributed by atoms with E-state index in [-0.39, 0.29) is 24.2 Å². The van der Waals surface area contributed by atoms with Crippen molar-refractivity contribution in [3.8, 4) is 0 Å². The molecular formula is C17H19N3O2S. The highest BCUT2D eigenvalue weighted by Crippen LogP contribution is 2.30. The molecule has 0 radical (unpaired) electrons. The molecule has 2 aromatic rings. The van der Waals surface area contributed by atoms with E-state index in [1.165, 1.54) is 11.3 Å². The van der Waals surface area contributed by atoms with E-state index in [0.29, 0.717) is 10.8 Å². The normalized spacial score (nSPS) is 13.7. The molecule has 1 aromatic heterocycles. The number of hydrogen-bond acceptors (Lipinski definition) is 4. The van der Waals surface area contributed by atoms with Gasteiger partial charge >= 0.3 is 0 Å². The van der Waals surface area contributed by atoms with Crippen LogP contribution in [0, 0.1) is 19.8 Å². The fourth-order valence-electron chi connectivity index (χ4n) is 2.42. The minimum absolute atomic E-state index is 0.0330. The van der Waals surface area contributed by atoms with Gasteiger partial charge in [-0.25, -0.2) is 4.98 Å². The van der Waals surface area contributed by atoms with Gasteiger partial charge in [-0.1, -0.05) is 6.07 Å². The van der Waals surface area contributed by atoms with Crippen molar-refractivity contribution in [2.75, 3.05) is 10.6 Å². The maximum atomic E-state index is 12.1. The van der Waals surface area contributed by atoms with Crippen molar-refractivity contribution >= 4 is 34.0 Å². The first-order valence-electron chi connectivity index (χ1n) is 7.63. The largest absolute Gasteiger partial charge is 0.326 e. The lowest BCUT2D eigenvalue weighted by molar-refractivity contribution is -0.117. The third-order valence-electron chi connectivity index (χ3n) is 3.58. The summed E-state index contributed by atoms with van der Waals surface area (Å²) in [7, 11) is 0. The van der Waals surface area contributed by atoms with Gasteiger partial charge < -0.3 is 10.6 Å². The second-order valence-electron chi connectivity index (χ2n) is 6.01. The van der Waals surface area contributed by atoms with Crippen LogP contribution in [0.25, 0.3) is 0 Å². The predicted molar refractivity (Wildman–Crippen MR) is 91.7 cm³/mol. The molecule has 1 aliphatic rings. The summed E-state index contributed by atoms with van der Waals surface area (Å²) >= 11 is 1.35. The van der Waals surface area contributed by atoms with Crippen LogP contribution in [0.15, 0.2) is 23.6 Å². The smallest absolute Gasteiger partial charge is 0.230 e. The summed E-state index contributed by atoms with van der Waals surface area (Å²) < 4.78 is 0. The number of nitrogens with one attached hydrogen (secondary N) is 2. The van der Waals surface area contributed by atoms with E-state index >= 15 is 0 Å². The topological polar surface area (TPSA) is 71.1 Å². The van der Waals surface area contributed by atoms with Crippen molar-refractivity contribution < 1.29 is 9.59 Å². The maximum absolute atomic E-state index is 12.1. The van der Waals surface area contributed by atoms with Crippen molar-refractivity contribution in [3.63, 3.8) is 0 Å². The zero-order valence-electron chi connectivity index (χ0n) is 13.2. The van der Waals surface area contributed by atoms with Gasteiger partial charge in [-0.3, -0.25) is 9.59 Å². The fraction of sp³-hybridized carbons (Fsp3) is 0.353. The molecule has 6 heteroatoms. The molecule has 1 fully saturated rings. The first-order chi connectivity index (χ1) is 11.0. The van der Waals surface area contributed by atoms with Crippen LogP contribution in [0.5, 0.6) is 0 Å². The van der Waals surface area contributed by atoms with Gasteiger partial charge in [0.05, 0.1) is 12.1 Å². The Balaban J connectivity index is 1.57. The van der Waals surface area contributed by atoms with Crippen LogP contribution in [0.1, 0.15) is 29.7 Å². The highest BCUT2D eigenvalue weighted by atomic mass is 32.1. The number of anilines is 2. The van der Waals surface area contributed by atoms with Gasteiger partial charge in [0.25, 0.3) is 0 Å². The van der Waals surface area contributed by atoms with Gasteiger partial charge in [-0.15, -0.1) is 11.3 Å². The Bertz CT molecular complexity index is 730. The lowest BCUT2D eigenvalue weighted by Crippen LogP contribution is -2.15. The van der Waals surface area contributed by atoms with Gasteiger partial charge in [0.2, 0.25) is 11.8 Å². The second-order valence-corrected chi connectivity index (χ2v) is 6.87. The van der Waals surface area contributed by atoms with Crippen molar-refractivity contribution in [1.82, 2.24) is 4.98 Å². The Morgan fingerprint density at radius 1 is 1.17 bits per heavy atom. The zero-order chi connectivity index (χ0) is 16.4. The molecule has 1 aromatic carbocycles. The minimum atomic E-state index is -0.111. The molecule has 2 N–H and O–H groups in total. The Hall–Kier alpha value is -2.21. The number of aromatic nitrogens is 1. The van der Waals surface area contributed by atoms with Crippen LogP contribution in [0.3, 0.4) is 0 Å². The van der Waals surface area contributed by atoms with E-state index in [2.05, 4.69) is 21.7 Å². The summed E-state index contributed by atoms with van der Waals surface area (Å²) in [6, 6.07) is 5.94. The molecule has 1 aliphatic carbocycles. The summed E-state index contributed by atoms with van der Waals surface area (Å²) in [5.74, 6) is 0.0705. The molecule has 0 saturated heterocycles. The van der Waals surface area contributed by atoms with Crippen molar-refractivity contribution in [1.29, 1.82) is 0 Å². The molecule has 0 spiro atoms. The Morgan fingerprint density at radius 2 is 1.87 bits per heavy atom. The third kappa shape index (κ3) is 4.39. The molecule has 23 heavy (non-hydrogen) atoms. The highest BCUT2D eigenvalue weighted by Gasteiger charge is 2.30. The Labute approximate surface area is 139 Å². The predicted octanol–water partition coefficient (Wildman–Crippen LogP) is 3.29. The van der Waals surface area contributed by atoms with Crippen molar-refractivity contribution in [3.05, 3.63) is 40.4 Å². The van der Waals surface area contributed by atoms with Crippen LogP contribution in [0.4, 0.5) is 10.8 Å². The Morgan fingerprint density at radius 3 is 2.52 bits per heavy atom. The molecule has 2 amide bonds. The van der Waals surface area contributed by atoms with Gasteiger partial charge in [0.15, 0.2) is 5.13 Å². The molecule has 1 heterocycles. The average Bonchev–Trinajstić information content (AvgIpc) is 3.21. The number of rotatable bonds is 5. The summed E-state index contributed by atoms with van der Waals surface area (Å²) in [6.07, 6.45) is 2.12. The number of carbonyl (C=O) groups is 2. The second kappa shape index (κ2) is 6.50. The summed E-state index contributed by atoms with van der Waals surface area (Å²) in [6.45, 7) is 4.00. The number of amides is 2. The van der Waals surface area contributed by atoms with E-state index in [9.17, 15) is 9.59 Å². The number of benzene rings is 1. The monoisotopic (exact) mass is 329 g/mol. The number of thiazole rings is 1. The number of aryl methyl sites for hydroxylation is 2. The minimum Gasteiger partial charge on any atom is -0.326 e. The van der Waals surface area contributed by atoms with E-state index < -0.39 is 0 Å². The average molecular weight is 329 g/mol. The number of nitrogens with zero attached hydrogens (tertiary/aromatic N) is 1. The molecule has 5 nitrogen and oxygen atoms in total. The van der Waals surface area contributed by atoms with Crippen molar-refractivity contribution in [2.45, 2.75) is 33.1 Å². The third-order valence-corrected chi connectivity index (χ3v) is 4.38. The van der Waals surface area contributed by atoms with Gasteiger partial charge in [0, 0.05) is 17.0 Å². The SMILES string of the molecule is Cc1cc(C)cc(NC(=O)Cc2csc(NC(=O)C3CC3)n2)c1. The molecule has 3 rings (SSSR count). The van der Waals surface area contributed by atoms with Crippen molar-refractivity contribution in [2.24, 2.45) is 5.92 Å². The first kappa shape index (κ1) is 15.7. The maximum Gasteiger partial charge on any atom is 0.230 e. The standard InChI is InChI=1S/C17H19N3O2S/c1-10-5-11(2)7-13(6-10)18-15(21)8-14-9-23-17(19-14)20-16(22)12-3-4-12/h5-7,9,12H,3-4,8H2,1-2H3,(H,18,21)(H,19,20,22). The summed E-state index contributed by atoms with van der Waals surface area (Å²) in [5, 5.41) is 8.06. The van der Waals surface area contributed by atoms with Gasteiger partial charge in [-0.2, -0.15) is 0 Å². The lowest BCUT2D eigenvalue weighted by Gasteiger charge is -2.06. The van der Waals surface area contributed by atoms with Crippen LogP contribution in [-0.2, 0) is 16.0 Å². The van der Waals surface area contributed by atoms with E-state index in [1.54, 1.807) is 0 Å². The fourth-order valence-corrected chi connectivity index (χ4v) is 3.13. The van der Waals surface area contributed by atoms with Gasteiger partial charge in [-0.05, 0) is 49.9 Å². The first-order valence-corrected chi connectivity index (χ1v) is 8.51. The van der Waals surface area contributed by atoms with Crippen LogP contribution >= 0.6 is 11.3 Å². The van der Waals surface area contributed by atoms with Crippen LogP contribution < -0.4 is 10.6 Å². The molecular weight excluding hydrogens is 310 g/mol. The van der Waals surface area contributed by atoms with E-state index in [0.717, 1.165) is 29.7 Å².